The molecule has 0 aliphatic heterocycles. The van der Waals surface area contributed by atoms with Crippen molar-refractivity contribution in [2.75, 3.05) is 26.3 Å². The third-order valence-corrected chi connectivity index (χ3v) is 2.85. The molecule has 0 aromatic heterocycles. The Morgan fingerprint density at radius 2 is 1.65 bits per heavy atom. The summed E-state index contributed by atoms with van der Waals surface area (Å²) < 4.78 is 0. The summed E-state index contributed by atoms with van der Waals surface area (Å²) in [6.07, 6.45) is -5.60. The molecule has 0 unspecified atom stereocenters. The fourth-order valence-electron chi connectivity index (χ4n) is 1.38. The molecule has 10 heteroatoms. The van der Waals surface area contributed by atoms with E-state index >= 15 is 0 Å². The van der Waals surface area contributed by atoms with E-state index in [0.717, 1.165) is 4.90 Å². The highest BCUT2D eigenvalue weighted by atomic mass is 35.5. The molecule has 20 heavy (non-hydrogen) atoms. The van der Waals surface area contributed by atoms with Gasteiger partial charge in [0.1, 0.15) is 24.9 Å². The molecular formula is C10H17Cl2NO7. The molecule has 0 fully saturated rings. The predicted octanol–water partition coefficient (Wildman–Crippen LogP) is -2.74. The van der Waals surface area contributed by atoms with E-state index in [1.54, 1.807) is 0 Å². The molecule has 0 aliphatic carbocycles. The lowest BCUT2D eigenvalue weighted by molar-refractivity contribution is -0.144. The van der Waals surface area contributed by atoms with E-state index in [1.807, 2.05) is 0 Å². The topological polar surface area (TPSA) is 139 Å². The Morgan fingerprint density at radius 1 is 1.10 bits per heavy atom. The first kappa shape index (κ1) is 19.5. The van der Waals surface area contributed by atoms with Gasteiger partial charge < -0.3 is 30.4 Å². The van der Waals surface area contributed by atoms with Gasteiger partial charge in [0.25, 0.3) is 5.91 Å². The van der Waals surface area contributed by atoms with Gasteiger partial charge in [0.05, 0.1) is 6.61 Å². The lowest BCUT2D eigenvalue weighted by atomic mass is 10.0. The molecule has 3 atom stereocenters. The van der Waals surface area contributed by atoms with Crippen LogP contribution in [0.2, 0.25) is 0 Å². The van der Waals surface area contributed by atoms with Crippen molar-refractivity contribution < 1.29 is 35.1 Å². The molecule has 5 N–H and O–H groups in total. The molecule has 0 saturated heterocycles. The van der Waals surface area contributed by atoms with Gasteiger partial charge in [0.2, 0.25) is 0 Å². The normalized spacial score (nSPS) is 15.8. The monoisotopic (exact) mass is 333 g/mol. The van der Waals surface area contributed by atoms with Gasteiger partial charge in [0, 0.05) is 13.1 Å². The number of nitrogens with zero attached hydrogens (tertiary/aromatic N) is 1. The lowest BCUT2D eigenvalue weighted by Gasteiger charge is -2.28. The van der Waals surface area contributed by atoms with Crippen LogP contribution in [0.25, 0.3) is 0 Å². The van der Waals surface area contributed by atoms with Gasteiger partial charge in [-0.2, -0.15) is 0 Å². The van der Waals surface area contributed by atoms with Crippen LogP contribution in [0, 0.1) is 0 Å². The summed E-state index contributed by atoms with van der Waals surface area (Å²) in [6, 6.07) is 0. The van der Waals surface area contributed by atoms with Crippen LogP contribution in [-0.2, 0) is 9.59 Å². The van der Waals surface area contributed by atoms with Crippen LogP contribution in [0.15, 0.2) is 0 Å². The van der Waals surface area contributed by atoms with E-state index in [2.05, 4.69) is 0 Å². The third-order valence-electron chi connectivity index (χ3n) is 2.48. The fraction of sp³-hybridized carbons (Fsp3) is 0.800. The molecule has 0 aromatic rings. The molecule has 0 aliphatic rings. The van der Waals surface area contributed by atoms with Crippen LogP contribution in [0.3, 0.4) is 0 Å². The average molecular weight is 334 g/mol. The average Bonchev–Trinajstić information content (AvgIpc) is 2.43. The predicted molar refractivity (Wildman–Crippen MR) is 69.3 cm³/mol. The molecule has 0 aromatic carbocycles. The zero-order chi connectivity index (χ0) is 15.9. The molecular weight excluding hydrogens is 317 g/mol. The minimum Gasteiger partial charge on any atom is -0.395 e. The third kappa shape index (κ3) is 5.88. The summed E-state index contributed by atoms with van der Waals surface area (Å²) >= 11 is 10.7. The van der Waals surface area contributed by atoms with Gasteiger partial charge in [-0.05, 0) is 0 Å². The molecule has 1 amide bonds. The maximum atomic E-state index is 11.5. The number of Topliss-reactive ketones (excluding diaryl/α,β-unsaturated/α-hetero) is 1. The second-order valence-electron chi connectivity index (χ2n) is 3.94. The zero-order valence-electron chi connectivity index (χ0n) is 10.4. The Balaban J connectivity index is 4.70. The van der Waals surface area contributed by atoms with Crippen molar-refractivity contribution in [1.29, 1.82) is 0 Å². The van der Waals surface area contributed by atoms with Crippen LogP contribution in [-0.4, -0.2) is 91.6 Å². The highest BCUT2D eigenvalue weighted by Gasteiger charge is 2.32. The maximum Gasteiger partial charge on any atom is 0.256 e. The summed E-state index contributed by atoms with van der Waals surface area (Å²) in [6.45, 7) is -2.16. The Hall–Kier alpha value is -0.480. The number of alkyl halides is 2. The van der Waals surface area contributed by atoms with Gasteiger partial charge in [-0.25, -0.2) is 0 Å². The van der Waals surface area contributed by atoms with Crippen molar-refractivity contribution in [2.45, 2.75) is 23.1 Å². The smallest absolute Gasteiger partial charge is 0.256 e. The number of carbonyl (C=O) groups is 2. The second-order valence-corrected chi connectivity index (χ2v) is 5.03. The van der Waals surface area contributed by atoms with E-state index in [4.69, 9.17) is 33.4 Å². The number of halogens is 2. The number of hydrogen-bond acceptors (Lipinski definition) is 7. The van der Waals surface area contributed by atoms with Crippen molar-refractivity contribution in [3.63, 3.8) is 0 Å². The van der Waals surface area contributed by atoms with Crippen molar-refractivity contribution in [2.24, 2.45) is 0 Å². The van der Waals surface area contributed by atoms with Crippen molar-refractivity contribution in [1.82, 2.24) is 4.90 Å². The summed E-state index contributed by atoms with van der Waals surface area (Å²) in [5.41, 5.74) is 0. The van der Waals surface area contributed by atoms with Gasteiger partial charge in [-0.3, -0.25) is 9.59 Å². The number of carbonyl (C=O) groups excluding carboxylic acids is 2. The first-order valence-corrected chi connectivity index (χ1v) is 6.49. The molecule has 118 valence electrons. The standard InChI is InChI=1S/C10H17Cl2NO7/c11-9(12)10(20)13(1-2-14)3-5(16)7(18)8(19)6(17)4-15/h5,7-9,14-16,18-19H,1-4H2/t5-,7+,8+/m0/s1. The van der Waals surface area contributed by atoms with E-state index in [-0.39, 0.29) is 6.54 Å². The SMILES string of the molecule is O=C(CO)[C@@H](O)[C@H](O)[C@@H](O)CN(CCO)C(=O)C(Cl)Cl. The van der Waals surface area contributed by atoms with Crippen molar-refractivity contribution in [3.05, 3.63) is 0 Å². The van der Waals surface area contributed by atoms with E-state index in [1.165, 1.54) is 0 Å². The molecule has 0 bridgehead atoms. The second kappa shape index (κ2) is 9.46. The summed E-state index contributed by atoms with van der Waals surface area (Å²) in [7, 11) is 0. The number of rotatable bonds is 9. The van der Waals surface area contributed by atoms with Gasteiger partial charge >= 0.3 is 0 Å². The molecule has 8 nitrogen and oxygen atoms in total. The number of aliphatic hydroxyl groups excluding tert-OH is 5. The molecule has 0 spiro atoms. The largest absolute Gasteiger partial charge is 0.395 e. The number of aliphatic hydroxyl groups is 5. The van der Waals surface area contributed by atoms with Crippen molar-refractivity contribution >= 4 is 34.9 Å². The van der Waals surface area contributed by atoms with Crippen LogP contribution < -0.4 is 0 Å². The van der Waals surface area contributed by atoms with Crippen LogP contribution in [0.5, 0.6) is 0 Å². The van der Waals surface area contributed by atoms with E-state index in [0.29, 0.717) is 0 Å². The van der Waals surface area contributed by atoms with Crippen LogP contribution in [0.1, 0.15) is 0 Å². The number of amides is 1. The first-order chi connectivity index (χ1) is 9.26. The fourth-order valence-corrected chi connectivity index (χ4v) is 1.65. The molecule has 0 rings (SSSR count). The molecule has 0 saturated carbocycles. The minimum absolute atomic E-state index is 0.206. The maximum absolute atomic E-state index is 11.5. The molecule has 0 heterocycles. The minimum atomic E-state index is -2.00. The number of ketones is 1. The van der Waals surface area contributed by atoms with Gasteiger partial charge in [-0.15, -0.1) is 0 Å². The Kier molecular flexibility index (Phi) is 9.23. The summed E-state index contributed by atoms with van der Waals surface area (Å²) in [5.74, 6) is -1.89. The highest BCUT2D eigenvalue weighted by Crippen LogP contribution is 2.10. The van der Waals surface area contributed by atoms with Crippen molar-refractivity contribution in [3.8, 4) is 0 Å². The lowest BCUT2D eigenvalue weighted by Crippen LogP contribution is -2.50. The van der Waals surface area contributed by atoms with Gasteiger partial charge in [0.15, 0.2) is 10.6 Å². The van der Waals surface area contributed by atoms with E-state index in [9.17, 15) is 24.9 Å². The van der Waals surface area contributed by atoms with E-state index < -0.39 is 54.6 Å². The number of hydrogen-bond donors (Lipinski definition) is 5. The summed E-state index contributed by atoms with van der Waals surface area (Å²) in [4.78, 5) is 22.0. The molecule has 0 radical (unpaired) electrons. The quantitative estimate of drug-likeness (QED) is 0.288. The highest BCUT2D eigenvalue weighted by molar-refractivity contribution is 6.53. The Labute approximate surface area is 125 Å². The van der Waals surface area contributed by atoms with Gasteiger partial charge in [-0.1, -0.05) is 23.2 Å². The Bertz CT molecular complexity index is 329. The summed E-state index contributed by atoms with van der Waals surface area (Å²) in [5, 5.41) is 45.8. The Morgan fingerprint density at radius 3 is 2.05 bits per heavy atom. The van der Waals surface area contributed by atoms with Crippen LogP contribution >= 0.6 is 23.2 Å². The zero-order valence-corrected chi connectivity index (χ0v) is 11.9. The first-order valence-electron chi connectivity index (χ1n) is 5.61. The van der Waals surface area contributed by atoms with Crippen LogP contribution in [0.4, 0.5) is 0 Å².